The van der Waals surface area contributed by atoms with Gasteiger partial charge in [-0.1, -0.05) is 30.3 Å². The zero-order valence-electron chi connectivity index (χ0n) is 11.2. The summed E-state index contributed by atoms with van der Waals surface area (Å²) in [5.74, 6) is 0. The molecule has 6 nitrogen and oxygen atoms in total. The van der Waals surface area contributed by atoms with Gasteiger partial charge >= 0.3 is 0 Å². The van der Waals surface area contributed by atoms with Gasteiger partial charge in [0, 0.05) is 12.7 Å². The van der Waals surface area contributed by atoms with Crippen molar-refractivity contribution in [2.45, 2.75) is 36.9 Å². The third-order valence-electron chi connectivity index (χ3n) is 3.72. The molecule has 3 rings (SSSR count). The molecule has 1 aromatic rings. The van der Waals surface area contributed by atoms with E-state index in [1.807, 2.05) is 30.3 Å². The summed E-state index contributed by atoms with van der Waals surface area (Å²) in [6.45, 7) is 0.327. The normalized spacial score (nSPS) is 41.1. The second-order valence-electron chi connectivity index (χ2n) is 5.02. The third kappa shape index (κ3) is 2.46. The molecule has 0 amide bonds. The van der Waals surface area contributed by atoms with Gasteiger partial charge in [0.2, 0.25) is 0 Å². The lowest BCUT2D eigenvalue weighted by molar-refractivity contribution is -0.339. The summed E-state index contributed by atoms with van der Waals surface area (Å²) in [6, 6.07) is 8.93. The van der Waals surface area contributed by atoms with Crippen LogP contribution in [-0.2, 0) is 18.9 Å². The largest absolute Gasteiger partial charge is 0.388 e. The van der Waals surface area contributed by atoms with Gasteiger partial charge in [-0.05, 0) is 0 Å². The molecule has 6 heteroatoms. The summed E-state index contributed by atoms with van der Waals surface area (Å²) in [6.07, 6.45) is -2.91. The molecule has 2 saturated heterocycles. The first kappa shape index (κ1) is 13.9. The van der Waals surface area contributed by atoms with E-state index in [1.54, 1.807) is 0 Å². The molecule has 0 aliphatic carbocycles. The number of ether oxygens (including phenoxy) is 4. The molecule has 2 aliphatic rings. The number of hydrogen-bond donors (Lipinski definition) is 2. The van der Waals surface area contributed by atoms with Gasteiger partial charge < -0.3 is 29.8 Å². The molecule has 0 spiro atoms. The van der Waals surface area contributed by atoms with Crippen molar-refractivity contribution >= 4 is 0 Å². The van der Waals surface area contributed by atoms with Crippen LogP contribution in [0.1, 0.15) is 11.9 Å². The molecule has 0 aromatic heterocycles. The van der Waals surface area contributed by atoms with E-state index in [9.17, 15) is 5.11 Å². The molecule has 3 N–H and O–H groups in total. The molecule has 2 fully saturated rings. The lowest BCUT2D eigenvalue weighted by Crippen LogP contribution is -2.64. The van der Waals surface area contributed by atoms with E-state index in [4.69, 9.17) is 24.7 Å². The molecule has 110 valence electrons. The van der Waals surface area contributed by atoms with Gasteiger partial charge in [-0.25, -0.2) is 0 Å². The lowest BCUT2D eigenvalue weighted by Gasteiger charge is -2.46. The van der Waals surface area contributed by atoms with Crippen LogP contribution in [0.3, 0.4) is 0 Å². The molecule has 0 unspecified atom stereocenters. The Labute approximate surface area is 117 Å². The quantitative estimate of drug-likeness (QED) is 0.803. The van der Waals surface area contributed by atoms with Gasteiger partial charge in [-0.2, -0.15) is 0 Å². The Balaban J connectivity index is 1.74. The number of benzene rings is 1. The number of hydrogen-bond acceptors (Lipinski definition) is 6. The Hall–Kier alpha value is -1.02. The second-order valence-corrected chi connectivity index (χ2v) is 5.02. The molecule has 0 saturated carbocycles. The van der Waals surface area contributed by atoms with Gasteiger partial charge in [0.05, 0.1) is 12.6 Å². The first-order valence-corrected chi connectivity index (χ1v) is 6.64. The van der Waals surface area contributed by atoms with Crippen LogP contribution in [0.5, 0.6) is 0 Å². The minimum Gasteiger partial charge on any atom is -0.388 e. The number of aliphatic hydroxyl groups excluding tert-OH is 1. The maximum Gasteiger partial charge on any atom is 0.184 e. The van der Waals surface area contributed by atoms with Gasteiger partial charge in [-0.15, -0.1) is 0 Å². The van der Waals surface area contributed by atoms with Crippen LogP contribution < -0.4 is 5.73 Å². The number of aliphatic hydroxyl groups is 1. The Morgan fingerprint density at radius 1 is 1.25 bits per heavy atom. The smallest absolute Gasteiger partial charge is 0.184 e. The first-order chi connectivity index (χ1) is 9.70. The Morgan fingerprint density at radius 3 is 2.70 bits per heavy atom. The maximum absolute atomic E-state index is 10.3. The van der Waals surface area contributed by atoms with Crippen molar-refractivity contribution in [2.24, 2.45) is 5.73 Å². The molecular weight excluding hydrogens is 262 g/mol. The van der Waals surface area contributed by atoms with E-state index in [-0.39, 0.29) is 6.10 Å². The predicted molar refractivity (Wildman–Crippen MR) is 69.7 cm³/mol. The van der Waals surface area contributed by atoms with E-state index in [0.29, 0.717) is 6.61 Å². The van der Waals surface area contributed by atoms with Crippen molar-refractivity contribution in [1.29, 1.82) is 0 Å². The Bertz CT molecular complexity index is 440. The van der Waals surface area contributed by atoms with Gasteiger partial charge in [0.25, 0.3) is 0 Å². The molecule has 0 bridgehead atoms. The molecular formula is C14H19NO5. The third-order valence-corrected chi connectivity index (χ3v) is 3.72. The molecule has 0 radical (unpaired) electrons. The van der Waals surface area contributed by atoms with Gasteiger partial charge in [0.15, 0.2) is 12.6 Å². The lowest BCUT2D eigenvalue weighted by atomic mass is 9.96. The van der Waals surface area contributed by atoms with Crippen LogP contribution in [0.25, 0.3) is 0 Å². The van der Waals surface area contributed by atoms with E-state index >= 15 is 0 Å². The number of rotatable bonds is 2. The second kappa shape index (κ2) is 5.77. The summed E-state index contributed by atoms with van der Waals surface area (Å²) in [5, 5.41) is 10.3. The summed E-state index contributed by atoms with van der Waals surface area (Å²) < 4.78 is 22.2. The van der Waals surface area contributed by atoms with E-state index < -0.39 is 30.8 Å². The fourth-order valence-electron chi connectivity index (χ4n) is 2.60. The predicted octanol–water partition coefficient (Wildman–Crippen LogP) is 0.160. The number of fused-ring (bicyclic) bond motifs is 1. The highest BCUT2D eigenvalue weighted by molar-refractivity contribution is 5.16. The fraction of sp³-hybridized carbons (Fsp3) is 0.571. The summed E-state index contributed by atoms with van der Waals surface area (Å²) in [5.41, 5.74) is 6.81. The number of nitrogens with two attached hydrogens (primary N) is 1. The van der Waals surface area contributed by atoms with Crippen LogP contribution in [0.2, 0.25) is 0 Å². The maximum atomic E-state index is 10.3. The van der Waals surface area contributed by atoms with E-state index in [1.165, 1.54) is 7.11 Å². The van der Waals surface area contributed by atoms with Gasteiger partial charge in [0.1, 0.15) is 18.3 Å². The standard InChI is InChI=1S/C14H19NO5/c1-17-14-10(15)11(16)12-9(19-14)7-18-13(20-12)8-5-3-2-4-6-8/h2-6,9-14,16H,7,15H2,1H3/t9-,10-,11+,12-,13-,14+/m1/s1. The molecule has 2 heterocycles. The van der Waals surface area contributed by atoms with Crippen molar-refractivity contribution in [1.82, 2.24) is 0 Å². The highest BCUT2D eigenvalue weighted by atomic mass is 16.7. The highest BCUT2D eigenvalue weighted by Crippen LogP contribution is 2.33. The zero-order chi connectivity index (χ0) is 14.1. The van der Waals surface area contributed by atoms with Crippen molar-refractivity contribution in [3.05, 3.63) is 35.9 Å². The minimum absolute atomic E-state index is 0.327. The Kier molecular flexibility index (Phi) is 4.02. The van der Waals surface area contributed by atoms with Crippen LogP contribution >= 0.6 is 0 Å². The molecule has 6 atom stereocenters. The van der Waals surface area contributed by atoms with Crippen molar-refractivity contribution in [3.8, 4) is 0 Å². The molecule has 20 heavy (non-hydrogen) atoms. The zero-order valence-corrected chi connectivity index (χ0v) is 11.2. The summed E-state index contributed by atoms with van der Waals surface area (Å²) in [4.78, 5) is 0. The summed E-state index contributed by atoms with van der Waals surface area (Å²) in [7, 11) is 1.49. The summed E-state index contributed by atoms with van der Waals surface area (Å²) >= 11 is 0. The van der Waals surface area contributed by atoms with Crippen molar-refractivity contribution < 1.29 is 24.1 Å². The molecule has 2 aliphatic heterocycles. The fourth-order valence-corrected chi connectivity index (χ4v) is 2.60. The van der Waals surface area contributed by atoms with E-state index in [2.05, 4.69) is 0 Å². The van der Waals surface area contributed by atoms with Crippen LogP contribution in [-0.4, -0.2) is 49.5 Å². The van der Waals surface area contributed by atoms with Gasteiger partial charge in [-0.3, -0.25) is 0 Å². The van der Waals surface area contributed by atoms with Crippen molar-refractivity contribution in [3.63, 3.8) is 0 Å². The van der Waals surface area contributed by atoms with Crippen LogP contribution in [0, 0.1) is 0 Å². The van der Waals surface area contributed by atoms with E-state index in [0.717, 1.165) is 5.56 Å². The minimum atomic E-state index is -0.853. The first-order valence-electron chi connectivity index (χ1n) is 6.64. The highest BCUT2D eigenvalue weighted by Gasteiger charge is 2.48. The average Bonchev–Trinajstić information content (AvgIpc) is 2.51. The average molecular weight is 281 g/mol. The molecule has 1 aromatic carbocycles. The number of methoxy groups -OCH3 is 1. The Morgan fingerprint density at radius 2 is 2.00 bits per heavy atom. The van der Waals surface area contributed by atoms with Crippen molar-refractivity contribution in [2.75, 3.05) is 13.7 Å². The SMILES string of the molecule is CO[C@H]1O[C@@H]2CO[C@@H](c3ccccc3)O[C@H]2[C@@H](O)[C@H]1N. The van der Waals surface area contributed by atoms with Crippen LogP contribution in [0.15, 0.2) is 30.3 Å². The van der Waals surface area contributed by atoms with Crippen LogP contribution in [0.4, 0.5) is 0 Å². The monoisotopic (exact) mass is 281 g/mol. The topological polar surface area (TPSA) is 83.2 Å².